The van der Waals surface area contributed by atoms with Crippen LogP contribution in [0.1, 0.15) is 85.5 Å². The summed E-state index contributed by atoms with van der Waals surface area (Å²) in [6, 6.07) is -0.0000950. The Hall–Kier alpha value is -1.31. The number of sulfone groups is 1. The van der Waals surface area contributed by atoms with E-state index >= 15 is 0 Å². The molecule has 3 unspecified atom stereocenters. The molecule has 1 aliphatic heterocycles. The average molecular weight is 469 g/mol. The molecular weight excluding hydrogens is 428 g/mol. The molecule has 0 N–H and O–H groups in total. The first-order chi connectivity index (χ1) is 15.1. The first kappa shape index (κ1) is 23.8. The summed E-state index contributed by atoms with van der Waals surface area (Å²) in [5.74, 6) is 1.06. The molecule has 182 valence electrons. The lowest BCUT2D eigenvalue weighted by molar-refractivity contribution is -0.142. The van der Waals surface area contributed by atoms with Crippen molar-refractivity contribution in [2.24, 2.45) is 11.8 Å². The minimum absolute atomic E-state index is 0.0203. The van der Waals surface area contributed by atoms with Crippen molar-refractivity contribution >= 4 is 21.8 Å². The van der Waals surface area contributed by atoms with Gasteiger partial charge >= 0.3 is 6.09 Å². The minimum atomic E-state index is -2.93. The predicted molar refractivity (Wildman–Crippen MR) is 123 cm³/mol. The van der Waals surface area contributed by atoms with Crippen molar-refractivity contribution in [3.05, 3.63) is 0 Å². The zero-order valence-electron chi connectivity index (χ0n) is 20.0. The Morgan fingerprint density at radius 2 is 1.44 bits per heavy atom. The number of nitrogens with zero attached hydrogens (tertiary/aromatic N) is 2. The lowest BCUT2D eigenvalue weighted by atomic mass is 9.69. The standard InChI is InChI=1S/C24H40N2O5S/c1-15(2)31-24(28)25-14-16(3)26(17(4)27)22-12-7-19(13-23(22)25)18-5-8-20(9-6-18)32(29,30)21-10-11-21/h15-16,18-23H,5-14H2,1-4H3/t16-,18?,19?,20?,22?,23?/m0/s1. The maximum Gasteiger partial charge on any atom is 0.410 e. The summed E-state index contributed by atoms with van der Waals surface area (Å²) in [4.78, 5) is 29.2. The normalized spacial score (nSPS) is 36.0. The van der Waals surface area contributed by atoms with Crippen molar-refractivity contribution in [1.29, 1.82) is 0 Å². The third-order valence-electron chi connectivity index (χ3n) is 8.29. The Kier molecular flexibility index (Phi) is 6.81. The minimum Gasteiger partial charge on any atom is -0.447 e. The van der Waals surface area contributed by atoms with Gasteiger partial charge in [-0.25, -0.2) is 13.2 Å². The highest BCUT2D eigenvalue weighted by Gasteiger charge is 2.49. The molecule has 4 aliphatic rings. The zero-order valence-corrected chi connectivity index (χ0v) is 20.9. The number of hydrogen-bond acceptors (Lipinski definition) is 5. The van der Waals surface area contributed by atoms with Crippen LogP contribution < -0.4 is 0 Å². The van der Waals surface area contributed by atoms with E-state index in [1.54, 1.807) is 6.92 Å². The second-order valence-corrected chi connectivity index (χ2v) is 13.4. The molecule has 7 nitrogen and oxygen atoms in total. The number of rotatable bonds is 4. The quantitative estimate of drug-likeness (QED) is 0.627. The maximum absolute atomic E-state index is 12.9. The number of hydrogen-bond donors (Lipinski definition) is 0. The molecule has 1 saturated heterocycles. The van der Waals surface area contributed by atoms with Gasteiger partial charge in [0.2, 0.25) is 5.91 Å². The smallest absolute Gasteiger partial charge is 0.410 e. The van der Waals surface area contributed by atoms with Crippen LogP contribution in [0, 0.1) is 11.8 Å². The van der Waals surface area contributed by atoms with Crippen molar-refractivity contribution in [3.63, 3.8) is 0 Å². The van der Waals surface area contributed by atoms with E-state index in [1.165, 1.54) is 0 Å². The van der Waals surface area contributed by atoms with Gasteiger partial charge < -0.3 is 14.5 Å². The van der Waals surface area contributed by atoms with Crippen molar-refractivity contribution < 1.29 is 22.7 Å². The Morgan fingerprint density at radius 3 is 1.97 bits per heavy atom. The number of carbonyl (C=O) groups excluding carboxylic acids is 2. The number of ether oxygens (including phenoxy) is 1. The lowest BCUT2D eigenvalue weighted by Gasteiger charge is -2.54. The van der Waals surface area contributed by atoms with Crippen LogP contribution in [0.4, 0.5) is 4.79 Å². The molecule has 3 saturated carbocycles. The average Bonchev–Trinajstić information content (AvgIpc) is 3.58. The summed E-state index contributed by atoms with van der Waals surface area (Å²) >= 11 is 0. The molecule has 4 fully saturated rings. The summed E-state index contributed by atoms with van der Waals surface area (Å²) in [5.41, 5.74) is 0. The van der Waals surface area contributed by atoms with Crippen LogP contribution >= 0.6 is 0 Å². The van der Waals surface area contributed by atoms with Gasteiger partial charge in [0, 0.05) is 19.5 Å². The summed E-state index contributed by atoms with van der Waals surface area (Å²) < 4.78 is 30.9. The van der Waals surface area contributed by atoms with Crippen LogP contribution in [-0.4, -0.2) is 71.5 Å². The molecule has 0 aromatic rings. The topological polar surface area (TPSA) is 84.0 Å². The zero-order chi connectivity index (χ0) is 23.2. The Balaban J connectivity index is 1.45. The highest BCUT2D eigenvalue weighted by molar-refractivity contribution is 7.92. The van der Waals surface area contributed by atoms with Crippen LogP contribution in [0.25, 0.3) is 0 Å². The van der Waals surface area contributed by atoms with Gasteiger partial charge in [-0.2, -0.15) is 0 Å². The van der Waals surface area contributed by atoms with E-state index in [-0.39, 0.29) is 46.7 Å². The van der Waals surface area contributed by atoms with Crippen LogP contribution in [0.2, 0.25) is 0 Å². The SMILES string of the molecule is CC(=O)N1C2CCC(C3CCC(S(=O)(=O)C4CC4)CC3)CC2N(C(=O)OC(C)C)C[C@@H]1C. The molecule has 2 amide bonds. The van der Waals surface area contributed by atoms with Gasteiger partial charge in [0.05, 0.1) is 28.7 Å². The third kappa shape index (κ3) is 4.66. The van der Waals surface area contributed by atoms with Gasteiger partial charge in [0.25, 0.3) is 0 Å². The van der Waals surface area contributed by atoms with Gasteiger partial charge in [0.15, 0.2) is 9.84 Å². The van der Waals surface area contributed by atoms with Crippen molar-refractivity contribution in [3.8, 4) is 0 Å². The van der Waals surface area contributed by atoms with E-state index in [9.17, 15) is 18.0 Å². The molecule has 0 radical (unpaired) electrons. The molecule has 1 heterocycles. The number of piperazine rings is 1. The van der Waals surface area contributed by atoms with Crippen LogP contribution in [-0.2, 0) is 19.4 Å². The molecule has 8 heteroatoms. The van der Waals surface area contributed by atoms with Crippen LogP contribution in [0.3, 0.4) is 0 Å². The molecule has 0 aromatic heterocycles. The monoisotopic (exact) mass is 468 g/mol. The van der Waals surface area contributed by atoms with Gasteiger partial charge in [-0.1, -0.05) is 0 Å². The molecule has 0 aromatic carbocycles. The Morgan fingerprint density at radius 1 is 0.875 bits per heavy atom. The summed E-state index contributed by atoms with van der Waals surface area (Å²) in [7, 11) is -2.93. The van der Waals surface area contributed by atoms with Crippen LogP contribution in [0.15, 0.2) is 0 Å². The van der Waals surface area contributed by atoms with E-state index in [2.05, 4.69) is 0 Å². The first-order valence-corrected chi connectivity index (χ1v) is 14.2. The van der Waals surface area contributed by atoms with E-state index < -0.39 is 9.84 Å². The van der Waals surface area contributed by atoms with Gasteiger partial charge in [-0.3, -0.25) is 4.79 Å². The first-order valence-electron chi connectivity index (χ1n) is 12.6. The second kappa shape index (κ2) is 9.15. The fraction of sp³-hybridized carbons (Fsp3) is 0.917. The summed E-state index contributed by atoms with van der Waals surface area (Å²) in [6.07, 6.45) is 7.54. The molecular formula is C24H40N2O5S. The number of amides is 2. The Bertz CT molecular complexity index is 816. The maximum atomic E-state index is 12.9. The summed E-state index contributed by atoms with van der Waals surface area (Å²) in [6.45, 7) is 7.88. The number of carbonyl (C=O) groups is 2. The van der Waals surface area contributed by atoms with Gasteiger partial charge in [-0.05, 0) is 90.4 Å². The van der Waals surface area contributed by atoms with Crippen molar-refractivity contribution in [2.45, 2.75) is 120 Å². The van der Waals surface area contributed by atoms with Crippen molar-refractivity contribution in [2.75, 3.05) is 6.54 Å². The molecule has 3 aliphatic carbocycles. The largest absolute Gasteiger partial charge is 0.447 e. The second-order valence-electron chi connectivity index (χ2n) is 10.9. The van der Waals surface area contributed by atoms with E-state index in [1.807, 2.05) is 30.6 Å². The highest BCUT2D eigenvalue weighted by Crippen LogP contribution is 2.45. The van der Waals surface area contributed by atoms with E-state index in [0.29, 0.717) is 18.4 Å². The third-order valence-corrected chi connectivity index (χ3v) is 11.1. The summed E-state index contributed by atoms with van der Waals surface area (Å²) in [5, 5.41) is -0.217. The van der Waals surface area contributed by atoms with Gasteiger partial charge in [-0.15, -0.1) is 0 Å². The molecule has 0 spiro atoms. The molecule has 0 bridgehead atoms. The van der Waals surface area contributed by atoms with Crippen molar-refractivity contribution in [1.82, 2.24) is 9.80 Å². The highest BCUT2D eigenvalue weighted by atomic mass is 32.2. The van der Waals surface area contributed by atoms with E-state index in [0.717, 1.165) is 57.8 Å². The predicted octanol–water partition coefficient (Wildman–Crippen LogP) is 3.76. The molecule has 32 heavy (non-hydrogen) atoms. The van der Waals surface area contributed by atoms with Gasteiger partial charge in [0.1, 0.15) is 0 Å². The fourth-order valence-corrected chi connectivity index (χ4v) is 8.93. The molecule has 4 rings (SSSR count). The van der Waals surface area contributed by atoms with Crippen LogP contribution in [0.5, 0.6) is 0 Å². The fourth-order valence-electron chi connectivity index (χ4n) is 6.67. The van der Waals surface area contributed by atoms with E-state index in [4.69, 9.17) is 4.74 Å². The molecule has 4 atom stereocenters. The Labute approximate surface area is 193 Å². The number of fused-ring (bicyclic) bond motifs is 1. The lowest BCUT2D eigenvalue weighted by Crippen LogP contribution is -2.67.